The van der Waals surface area contributed by atoms with Crippen molar-refractivity contribution in [2.75, 3.05) is 31.8 Å². The highest BCUT2D eigenvalue weighted by Gasteiger charge is 2.17. The second kappa shape index (κ2) is 8.77. The highest BCUT2D eigenvalue weighted by molar-refractivity contribution is 5.85. The number of nitrogens with one attached hydrogen (secondary N) is 1. The van der Waals surface area contributed by atoms with Crippen LogP contribution in [0.3, 0.4) is 0 Å². The van der Waals surface area contributed by atoms with Gasteiger partial charge >= 0.3 is 0 Å². The van der Waals surface area contributed by atoms with Crippen molar-refractivity contribution in [3.63, 3.8) is 0 Å². The van der Waals surface area contributed by atoms with Crippen LogP contribution < -0.4 is 20.5 Å². The van der Waals surface area contributed by atoms with E-state index < -0.39 is 0 Å². The normalized spacial score (nSPS) is 11.0. The molecule has 0 unspecified atom stereocenters. The lowest BCUT2D eigenvalue weighted by Crippen LogP contribution is -2.07. The van der Waals surface area contributed by atoms with E-state index in [-0.39, 0.29) is 5.95 Å². The number of nitrogen functional groups attached to an aromatic ring is 1. The van der Waals surface area contributed by atoms with Gasteiger partial charge in [0.25, 0.3) is 0 Å². The molecular formula is C20H28N6O2. The third kappa shape index (κ3) is 3.95. The minimum Gasteiger partial charge on any atom is -0.496 e. The average molecular weight is 384 g/mol. The first-order chi connectivity index (χ1) is 13.6. The molecule has 0 aliphatic heterocycles. The van der Waals surface area contributed by atoms with Gasteiger partial charge in [-0.2, -0.15) is 10.1 Å². The van der Waals surface area contributed by atoms with E-state index in [2.05, 4.69) is 29.1 Å². The molecule has 1 aromatic carbocycles. The van der Waals surface area contributed by atoms with Gasteiger partial charge in [0.15, 0.2) is 11.3 Å². The molecule has 0 radical (unpaired) electrons. The molecule has 0 bridgehead atoms. The van der Waals surface area contributed by atoms with Crippen molar-refractivity contribution in [2.24, 2.45) is 0 Å². The summed E-state index contributed by atoms with van der Waals surface area (Å²) >= 11 is 0. The van der Waals surface area contributed by atoms with Crippen LogP contribution in [0, 0.1) is 0 Å². The number of methoxy groups -OCH3 is 2. The molecule has 8 heteroatoms. The number of aryl methyl sites for hydroxylation is 1. The van der Waals surface area contributed by atoms with Crippen LogP contribution in [0.4, 0.5) is 11.8 Å². The van der Waals surface area contributed by atoms with Gasteiger partial charge in [0, 0.05) is 6.54 Å². The minimum absolute atomic E-state index is 0.231. The van der Waals surface area contributed by atoms with E-state index in [0.717, 1.165) is 48.4 Å². The molecule has 150 valence electrons. The minimum atomic E-state index is 0.231. The Hall–Kier alpha value is -3.03. The lowest BCUT2D eigenvalue weighted by Gasteiger charge is -2.16. The van der Waals surface area contributed by atoms with Gasteiger partial charge in [-0.15, -0.1) is 0 Å². The van der Waals surface area contributed by atoms with Gasteiger partial charge in [-0.05, 0) is 24.5 Å². The number of hydrogen-bond donors (Lipinski definition) is 2. The van der Waals surface area contributed by atoms with Crippen LogP contribution in [-0.4, -0.2) is 40.5 Å². The first kappa shape index (κ1) is 19.7. The van der Waals surface area contributed by atoms with Crippen LogP contribution in [-0.2, 0) is 13.0 Å². The molecule has 0 amide bonds. The number of anilines is 2. The topological polar surface area (TPSA) is 100 Å². The SMILES string of the molecule is CCCCNc1nc(N)nc2cn(Cc3c(OC)ccc(CC)c3OC)nc12. The van der Waals surface area contributed by atoms with Crippen LogP contribution >= 0.6 is 0 Å². The van der Waals surface area contributed by atoms with Crippen molar-refractivity contribution in [1.82, 2.24) is 19.7 Å². The second-order valence-electron chi connectivity index (χ2n) is 6.56. The fourth-order valence-corrected chi connectivity index (χ4v) is 3.26. The summed E-state index contributed by atoms with van der Waals surface area (Å²) in [6.07, 6.45) is 4.88. The Morgan fingerprint density at radius 2 is 1.96 bits per heavy atom. The zero-order valence-corrected chi connectivity index (χ0v) is 17.0. The number of unbranched alkanes of at least 4 members (excludes halogenated alkanes) is 1. The standard InChI is InChI=1S/C20H28N6O2/c1-5-7-10-22-19-17-15(23-20(21)24-19)12-26(25-17)11-14-16(27-3)9-8-13(6-2)18(14)28-4/h8-9,12H,5-7,10-11H2,1-4H3,(H3,21,22,23,24). The summed E-state index contributed by atoms with van der Waals surface area (Å²) in [5.74, 6) is 2.49. The maximum atomic E-state index is 5.88. The van der Waals surface area contributed by atoms with Crippen molar-refractivity contribution in [1.29, 1.82) is 0 Å². The maximum Gasteiger partial charge on any atom is 0.222 e. The summed E-state index contributed by atoms with van der Waals surface area (Å²) in [5, 5.41) is 8.01. The smallest absolute Gasteiger partial charge is 0.222 e. The van der Waals surface area contributed by atoms with E-state index in [1.54, 1.807) is 14.2 Å². The van der Waals surface area contributed by atoms with Crippen molar-refractivity contribution in [2.45, 2.75) is 39.7 Å². The number of nitrogens with two attached hydrogens (primary N) is 1. The van der Waals surface area contributed by atoms with Crippen molar-refractivity contribution >= 4 is 22.8 Å². The number of aromatic nitrogens is 4. The molecule has 3 rings (SSSR count). The van der Waals surface area contributed by atoms with Crippen LogP contribution in [0.25, 0.3) is 11.0 Å². The molecular weight excluding hydrogens is 356 g/mol. The quantitative estimate of drug-likeness (QED) is 0.546. The summed E-state index contributed by atoms with van der Waals surface area (Å²) in [4.78, 5) is 8.65. The number of benzene rings is 1. The number of ether oxygens (including phenoxy) is 2. The zero-order chi connectivity index (χ0) is 20.1. The first-order valence-electron chi connectivity index (χ1n) is 9.58. The van der Waals surface area contributed by atoms with Crippen molar-refractivity contribution in [3.05, 3.63) is 29.5 Å². The molecule has 8 nitrogen and oxygen atoms in total. The summed E-state index contributed by atoms with van der Waals surface area (Å²) in [7, 11) is 3.34. The van der Waals surface area contributed by atoms with E-state index in [0.29, 0.717) is 23.4 Å². The molecule has 0 saturated heterocycles. The van der Waals surface area contributed by atoms with E-state index in [1.165, 1.54) is 0 Å². The van der Waals surface area contributed by atoms with E-state index >= 15 is 0 Å². The summed E-state index contributed by atoms with van der Waals surface area (Å²) in [5.41, 5.74) is 9.36. The van der Waals surface area contributed by atoms with Crippen LogP contribution in [0.5, 0.6) is 11.5 Å². The lowest BCUT2D eigenvalue weighted by atomic mass is 10.1. The molecule has 3 aromatic rings. The molecule has 0 aliphatic carbocycles. The Balaban J connectivity index is 2.00. The van der Waals surface area contributed by atoms with Crippen molar-refractivity contribution in [3.8, 4) is 11.5 Å². The summed E-state index contributed by atoms with van der Waals surface area (Å²) in [6, 6.07) is 4.00. The molecule has 0 saturated carbocycles. The van der Waals surface area contributed by atoms with Crippen molar-refractivity contribution < 1.29 is 9.47 Å². The van der Waals surface area contributed by atoms with Gasteiger partial charge < -0.3 is 20.5 Å². The maximum absolute atomic E-state index is 5.88. The molecule has 2 heterocycles. The molecule has 0 spiro atoms. The largest absolute Gasteiger partial charge is 0.496 e. The first-order valence-corrected chi connectivity index (χ1v) is 9.58. The predicted molar refractivity (Wildman–Crippen MR) is 111 cm³/mol. The summed E-state index contributed by atoms with van der Waals surface area (Å²) < 4.78 is 13.1. The Morgan fingerprint density at radius 3 is 2.64 bits per heavy atom. The molecule has 2 aromatic heterocycles. The fraction of sp³-hybridized carbons (Fsp3) is 0.450. The third-order valence-corrected chi connectivity index (χ3v) is 4.67. The summed E-state index contributed by atoms with van der Waals surface area (Å²) in [6.45, 7) is 5.55. The van der Waals surface area contributed by atoms with Gasteiger partial charge in [-0.25, -0.2) is 4.98 Å². The van der Waals surface area contributed by atoms with Gasteiger partial charge in [-0.3, -0.25) is 4.68 Å². The highest BCUT2D eigenvalue weighted by Crippen LogP contribution is 2.33. The Kier molecular flexibility index (Phi) is 6.18. The van der Waals surface area contributed by atoms with Gasteiger partial charge in [0.1, 0.15) is 17.0 Å². The molecule has 28 heavy (non-hydrogen) atoms. The van der Waals surface area contributed by atoms with E-state index in [1.807, 2.05) is 23.0 Å². The Bertz CT molecular complexity index is 954. The van der Waals surface area contributed by atoms with Gasteiger partial charge in [0.2, 0.25) is 5.95 Å². The Labute approximate surface area is 165 Å². The molecule has 0 fully saturated rings. The van der Waals surface area contributed by atoms with E-state index in [4.69, 9.17) is 20.3 Å². The van der Waals surface area contributed by atoms with E-state index in [9.17, 15) is 0 Å². The number of nitrogens with zero attached hydrogens (tertiary/aromatic N) is 4. The average Bonchev–Trinajstić information content (AvgIpc) is 3.10. The monoisotopic (exact) mass is 384 g/mol. The van der Waals surface area contributed by atoms with Crippen LogP contribution in [0.1, 0.15) is 37.8 Å². The Morgan fingerprint density at radius 1 is 1.14 bits per heavy atom. The fourth-order valence-electron chi connectivity index (χ4n) is 3.26. The number of rotatable bonds is 9. The third-order valence-electron chi connectivity index (χ3n) is 4.67. The van der Waals surface area contributed by atoms with Gasteiger partial charge in [0.05, 0.1) is 32.5 Å². The highest BCUT2D eigenvalue weighted by atomic mass is 16.5. The molecule has 0 atom stereocenters. The number of hydrogen-bond acceptors (Lipinski definition) is 7. The predicted octanol–water partition coefficient (Wildman–Crippen LogP) is 3.25. The van der Waals surface area contributed by atoms with Crippen LogP contribution in [0.15, 0.2) is 18.3 Å². The van der Waals surface area contributed by atoms with Gasteiger partial charge in [-0.1, -0.05) is 26.3 Å². The lowest BCUT2D eigenvalue weighted by molar-refractivity contribution is 0.379. The molecule has 0 aliphatic rings. The second-order valence-corrected chi connectivity index (χ2v) is 6.56. The zero-order valence-electron chi connectivity index (χ0n) is 17.0. The molecule has 3 N–H and O–H groups in total. The van der Waals surface area contributed by atoms with Crippen LogP contribution in [0.2, 0.25) is 0 Å². The number of fused-ring (bicyclic) bond motifs is 1.